The van der Waals surface area contributed by atoms with E-state index in [1.165, 1.54) is 0 Å². The topological polar surface area (TPSA) is 217 Å². The molecule has 1 heterocycles. The summed E-state index contributed by atoms with van der Waals surface area (Å²) in [7, 11) is 0. The lowest BCUT2D eigenvalue weighted by Crippen LogP contribution is -2.57. The van der Waals surface area contributed by atoms with Crippen LogP contribution in [0, 0.1) is 0 Å². The standard InChI is InChI=1S/C23H31N5O8/c24-18(29)9-8-15(26-20(32)14-7-4-10-25-14)21(33)27-16(11-13-5-2-1-3-6-13)22(34)28-17(23(35)36)12-19(30)31/h1-3,5-6,14-17,25H,4,7-12H2,(H2,24,29)(H,26,32)(H,27,33)(H,28,34)(H,30,31)(H,35,36). The maximum Gasteiger partial charge on any atom is 0.326 e. The van der Waals surface area contributed by atoms with Crippen LogP contribution in [0.4, 0.5) is 0 Å². The van der Waals surface area contributed by atoms with Crippen molar-refractivity contribution in [3.63, 3.8) is 0 Å². The van der Waals surface area contributed by atoms with Crippen LogP contribution in [0.5, 0.6) is 0 Å². The second-order valence-corrected chi connectivity index (χ2v) is 8.46. The third-order valence-electron chi connectivity index (χ3n) is 5.60. The van der Waals surface area contributed by atoms with Crippen LogP contribution in [0.15, 0.2) is 30.3 Å². The molecule has 4 amide bonds. The number of hydrogen-bond acceptors (Lipinski definition) is 7. The number of aliphatic carboxylic acids is 2. The second-order valence-electron chi connectivity index (χ2n) is 8.46. The van der Waals surface area contributed by atoms with Crippen LogP contribution >= 0.6 is 0 Å². The zero-order chi connectivity index (χ0) is 26.7. The summed E-state index contributed by atoms with van der Waals surface area (Å²) in [4.78, 5) is 72.4. The first kappa shape index (κ1) is 28.2. The monoisotopic (exact) mass is 505 g/mol. The number of carbonyl (C=O) groups is 6. The molecule has 36 heavy (non-hydrogen) atoms. The predicted octanol–water partition coefficient (Wildman–Crippen LogP) is -1.74. The molecular formula is C23H31N5O8. The Bertz CT molecular complexity index is 965. The van der Waals surface area contributed by atoms with Gasteiger partial charge in [-0.3, -0.25) is 24.0 Å². The first-order chi connectivity index (χ1) is 17.1. The van der Waals surface area contributed by atoms with Gasteiger partial charge < -0.3 is 37.2 Å². The predicted molar refractivity (Wildman–Crippen MR) is 125 cm³/mol. The molecule has 1 aliphatic heterocycles. The molecule has 4 unspecified atom stereocenters. The van der Waals surface area contributed by atoms with E-state index in [0.29, 0.717) is 18.5 Å². The van der Waals surface area contributed by atoms with Crippen molar-refractivity contribution in [1.29, 1.82) is 0 Å². The summed E-state index contributed by atoms with van der Waals surface area (Å²) >= 11 is 0. The molecule has 1 aromatic carbocycles. The summed E-state index contributed by atoms with van der Waals surface area (Å²) in [5.74, 6) is -5.79. The summed E-state index contributed by atoms with van der Waals surface area (Å²) in [6.07, 6.45) is 0.144. The molecule has 0 saturated carbocycles. The Kier molecular flexibility index (Phi) is 10.8. The summed E-state index contributed by atoms with van der Waals surface area (Å²) < 4.78 is 0. The molecular weight excluding hydrogens is 474 g/mol. The third-order valence-corrected chi connectivity index (χ3v) is 5.60. The number of nitrogens with two attached hydrogens (primary N) is 1. The highest BCUT2D eigenvalue weighted by molar-refractivity contribution is 5.95. The maximum atomic E-state index is 13.1. The number of rotatable bonds is 14. The van der Waals surface area contributed by atoms with E-state index in [-0.39, 0.29) is 19.3 Å². The molecule has 0 spiro atoms. The number of hydrogen-bond donors (Lipinski definition) is 7. The smallest absolute Gasteiger partial charge is 0.326 e. The van der Waals surface area contributed by atoms with E-state index >= 15 is 0 Å². The first-order valence-corrected chi connectivity index (χ1v) is 11.5. The van der Waals surface area contributed by atoms with E-state index in [1.807, 2.05) is 0 Å². The molecule has 1 fully saturated rings. The fourth-order valence-corrected chi connectivity index (χ4v) is 3.71. The van der Waals surface area contributed by atoms with Gasteiger partial charge in [-0.15, -0.1) is 0 Å². The quantitative estimate of drug-likeness (QED) is 0.152. The average Bonchev–Trinajstić information content (AvgIpc) is 3.36. The van der Waals surface area contributed by atoms with Gasteiger partial charge in [-0.2, -0.15) is 0 Å². The zero-order valence-corrected chi connectivity index (χ0v) is 19.6. The molecule has 0 aromatic heterocycles. The van der Waals surface area contributed by atoms with Crippen molar-refractivity contribution in [2.45, 2.75) is 62.7 Å². The number of carboxylic acid groups (broad SMARTS) is 2. The van der Waals surface area contributed by atoms with E-state index in [2.05, 4.69) is 21.3 Å². The van der Waals surface area contributed by atoms with Crippen molar-refractivity contribution in [1.82, 2.24) is 21.3 Å². The molecule has 4 atom stereocenters. The minimum atomic E-state index is -1.72. The minimum absolute atomic E-state index is 0.0432. The number of nitrogens with one attached hydrogen (secondary N) is 4. The molecule has 0 aliphatic carbocycles. The van der Waals surface area contributed by atoms with Gasteiger partial charge >= 0.3 is 11.9 Å². The van der Waals surface area contributed by atoms with Gasteiger partial charge in [0.05, 0.1) is 12.5 Å². The Hall–Kier alpha value is -4.00. The summed E-state index contributed by atoms with van der Waals surface area (Å²) in [6.45, 7) is 0.649. The van der Waals surface area contributed by atoms with Gasteiger partial charge in [0, 0.05) is 12.8 Å². The highest BCUT2D eigenvalue weighted by atomic mass is 16.4. The summed E-state index contributed by atoms with van der Waals surface area (Å²) in [5, 5.41) is 28.5. The van der Waals surface area contributed by atoms with Gasteiger partial charge in [0.25, 0.3) is 0 Å². The molecule has 0 radical (unpaired) electrons. The molecule has 1 aliphatic rings. The van der Waals surface area contributed by atoms with Crippen LogP contribution in [0.3, 0.4) is 0 Å². The van der Waals surface area contributed by atoms with Crippen LogP contribution in [-0.4, -0.2) is 76.5 Å². The van der Waals surface area contributed by atoms with Crippen LogP contribution in [0.1, 0.15) is 37.7 Å². The minimum Gasteiger partial charge on any atom is -0.481 e. The molecule has 1 aromatic rings. The van der Waals surface area contributed by atoms with Crippen LogP contribution in [0.25, 0.3) is 0 Å². The summed E-state index contributed by atoms with van der Waals surface area (Å²) in [6, 6.07) is 3.85. The van der Waals surface area contributed by atoms with Gasteiger partial charge in [0.15, 0.2) is 0 Å². The maximum absolute atomic E-state index is 13.1. The zero-order valence-electron chi connectivity index (χ0n) is 19.6. The van der Waals surface area contributed by atoms with Gasteiger partial charge in [-0.1, -0.05) is 30.3 Å². The van der Waals surface area contributed by atoms with E-state index in [1.54, 1.807) is 30.3 Å². The van der Waals surface area contributed by atoms with Gasteiger partial charge in [-0.05, 0) is 31.4 Å². The van der Waals surface area contributed by atoms with Crippen molar-refractivity contribution in [3.8, 4) is 0 Å². The van der Waals surface area contributed by atoms with Crippen molar-refractivity contribution in [2.24, 2.45) is 5.73 Å². The Balaban J connectivity index is 2.21. The van der Waals surface area contributed by atoms with Crippen LogP contribution in [-0.2, 0) is 35.2 Å². The van der Waals surface area contributed by atoms with Crippen molar-refractivity contribution in [3.05, 3.63) is 35.9 Å². The Morgan fingerprint density at radius 3 is 2.14 bits per heavy atom. The first-order valence-electron chi connectivity index (χ1n) is 11.5. The van der Waals surface area contributed by atoms with E-state index < -0.39 is 66.2 Å². The number of benzene rings is 1. The van der Waals surface area contributed by atoms with Crippen LogP contribution in [0.2, 0.25) is 0 Å². The van der Waals surface area contributed by atoms with Crippen molar-refractivity contribution in [2.75, 3.05) is 6.54 Å². The van der Waals surface area contributed by atoms with Crippen molar-refractivity contribution >= 4 is 35.6 Å². The highest BCUT2D eigenvalue weighted by Gasteiger charge is 2.32. The summed E-state index contributed by atoms with van der Waals surface area (Å²) in [5.41, 5.74) is 5.84. The lowest BCUT2D eigenvalue weighted by molar-refractivity contribution is -0.147. The SMILES string of the molecule is NC(=O)CCC(NC(=O)C1CCCN1)C(=O)NC(Cc1ccccc1)C(=O)NC(CC(=O)O)C(=O)O. The lowest BCUT2D eigenvalue weighted by Gasteiger charge is -2.25. The van der Waals surface area contributed by atoms with Crippen LogP contribution < -0.4 is 27.0 Å². The number of amides is 4. The Morgan fingerprint density at radius 2 is 1.58 bits per heavy atom. The van der Waals surface area contributed by atoms with Crippen molar-refractivity contribution < 1.29 is 39.0 Å². The van der Waals surface area contributed by atoms with E-state index in [9.17, 15) is 33.9 Å². The average molecular weight is 506 g/mol. The molecule has 0 bridgehead atoms. The lowest BCUT2D eigenvalue weighted by atomic mass is 10.0. The molecule has 196 valence electrons. The van der Waals surface area contributed by atoms with Gasteiger partial charge in [0.2, 0.25) is 23.6 Å². The molecule has 2 rings (SSSR count). The third kappa shape index (κ3) is 9.33. The van der Waals surface area contributed by atoms with E-state index in [0.717, 1.165) is 6.42 Å². The Morgan fingerprint density at radius 1 is 0.944 bits per heavy atom. The molecule has 8 N–H and O–H groups in total. The molecule has 13 heteroatoms. The molecule has 13 nitrogen and oxygen atoms in total. The van der Waals surface area contributed by atoms with Gasteiger partial charge in [0.1, 0.15) is 18.1 Å². The fourth-order valence-electron chi connectivity index (χ4n) is 3.71. The van der Waals surface area contributed by atoms with Gasteiger partial charge in [-0.25, -0.2) is 4.79 Å². The largest absolute Gasteiger partial charge is 0.481 e. The number of carbonyl (C=O) groups excluding carboxylic acids is 4. The second kappa shape index (κ2) is 13.8. The Labute approximate surface area is 207 Å². The van der Waals surface area contributed by atoms with E-state index in [4.69, 9.17) is 10.8 Å². The fraction of sp³-hybridized carbons (Fsp3) is 0.478. The normalized spacial score (nSPS) is 17.3. The molecule has 1 saturated heterocycles. The number of primary amides is 1. The highest BCUT2D eigenvalue weighted by Crippen LogP contribution is 2.09. The number of carboxylic acids is 2.